The molecule has 1 aliphatic rings. The Morgan fingerprint density at radius 1 is 1.67 bits per heavy atom. The SMILES string of the molecule is [O]CCCC1=NCCO1. The van der Waals surface area contributed by atoms with Crippen LogP contribution in [0.4, 0.5) is 0 Å². The van der Waals surface area contributed by atoms with Crippen LogP contribution < -0.4 is 0 Å². The summed E-state index contributed by atoms with van der Waals surface area (Å²) in [5, 5.41) is 9.98. The highest BCUT2D eigenvalue weighted by molar-refractivity contribution is 5.77. The molecule has 51 valence electrons. The summed E-state index contributed by atoms with van der Waals surface area (Å²) in [5.74, 6) is 0.769. The van der Waals surface area contributed by atoms with Gasteiger partial charge in [0.25, 0.3) is 0 Å². The Labute approximate surface area is 54.4 Å². The van der Waals surface area contributed by atoms with Crippen LogP contribution in [-0.4, -0.2) is 25.7 Å². The maximum atomic E-state index is 9.98. The van der Waals surface area contributed by atoms with Gasteiger partial charge < -0.3 is 4.74 Å². The zero-order chi connectivity index (χ0) is 6.53. The van der Waals surface area contributed by atoms with Crippen LogP contribution in [0.2, 0.25) is 0 Å². The molecule has 0 bridgehead atoms. The van der Waals surface area contributed by atoms with Gasteiger partial charge in [-0.1, -0.05) is 0 Å². The van der Waals surface area contributed by atoms with Gasteiger partial charge in [0.1, 0.15) is 6.61 Å². The van der Waals surface area contributed by atoms with Gasteiger partial charge in [-0.25, -0.2) is 5.11 Å². The van der Waals surface area contributed by atoms with Crippen molar-refractivity contribution in [2.24, 2.45) is 4.99 Å². The Balaban J connectivity index is 2.11. The Kier molecular flexibility index (Phi) is 2.51. The van der Waals surface area contributed by atoms with E-state index in [1.165, 1.54) is 0 Å². The van der Waals surface area contributed by atoms with E-state index in [9.17, 15) is 5.11 Å². The molecule has 3 heteroatoms. The summed E-state index contributed by atoms with van der Waals surface area (Å²) in [4.78, 5) is 4.03. The van der Waals surface area contributed by atoms with E-state index in [2.05, 4.69) is 4.99 Å². The van der Waals surface area contributed by atoms with E-state index in [1.807, 2.05) is 0 Å². The monoisotopic (exact) mass is 128 g/mol. The lowest BCUT2D eigenvalue weighted by Crippen LogP contribution is -1.99. The predicted octanol–water partition coefficient (Wildman–Crippen LogP) is 0.626. The first kappa shape index (κ1) is 6.55. The average molecular weight is 128 g/mol. The van der Waals surface area contributed by atoms with E-state index < -0.39 is 0 Å². The largest absolute Gasteiger partial charge is 0.479 e. The molecule has 1 heterocycles. The Morgan fingerprint density at radius 2 is 2.56 bits per heavy atom. The van der Waals surface area contributed by atoms with Crippen LogP contribution in [0.5, 0.6) is 0 Å². The fourth-order valence-electron chi connectivity index (χ4n) is 0.754. The first-order chi connectivity index (χ1) is 4.43. The number of hydrogen-bond donors (Lipinski definition) is 0. The number of ether oxygens (including phenoxy) is 1. The first-order valence-electron chi connectivity index (χ1n) is 3.17. The fourth-order valence-corrected chi connectivity index (χ4v) is 0.754. The van der Waals surface area contributed by atoms with Crippen LogP contribution >= 0.6 is 0 Å². The van der Waals surface area contributed by atoms with E-state index in [0.717, 1.165) is 18.9 Å². The molecule has 0 aromatic carbocycles. The number of hydrogen-bond acceptors (Lipinski definition) is 2. The molecule has 0 fully saturated rings. The fraction of sp³-hybridized carbons (Fsp3) is 0.833. The molecule has 9 heavy (non-hydrogen) atoms. The molecule has 0 aromatic heterocycles. The van der Waals surface area contributed by atoms with E-state index in [4.69, 9.17) is 4.74 Å². The molecule has 1 radical (unpaired) electrons. The standard InChI is InChI=1S/C6H10NO2/c8-4-1-2-6-7-3-5-9-6/h1-5H2. The minimum Gasteiger partial charge on any atom is -0.479 e. The van der Waals surface area contributed by atoms with Gasteiger partial charge in [-0.2, -0.15) is 0 Å². The molecular formula is C6H10NO2. The van der Waals surface area contributed by atoms with Crippen molar-refractivity contribution in [2.75, 3.05) is 19.8 Å². The van der Waals surface area contributed by atoms with Gasteiger partial charge in [-0.3, -0.25) is 4.99 Å². The molecule has 0 saturated carbocycles. The van der Waals surface area contributed by atoms with Gasteiger partial charge in [0.2, 0.25) is 0 Å². The average Bonchev–Trinajstić information content (AvgIpc) is 2.34. The summed E-state index contributed by atoms with van der Waals surface area (Å²) in [7, 11) is 0. The molecule has 1 aliphatic heterocycles. The maximum absolute atomic E-state index is 9.98. The third-order valence-corrected chi connectivity index (χ3v) is 1.18. The van der Waals surface area contributed by atoms with Crippen molar-refractivity contribution in [3.8, 4) is 0 Å². The molecule has 3 nitrogen and oxygen atoms in total. The topological polar surface area (TPSA) is 41.5 Å². The molecule has 0 saturated heterocycles. The third kappa shape index (κ3) is 2.01. The summed E-state index contributed by atoms with van der Waals surface area (Å²) < 4.78 is 5.07. The zero-order valence-electron chi connectivity index (χ0n) is 5.30. The summed E-state index contributed by atoms with van der Waals surface area (Å²) in [6.45, 7) is 1.45. The van der Waals surface area contributed by atoms with Crippen molar-refractivity contribution in [3.63, 3.8) is 0 Å². The van der Waals surface area contributed by atoms with Crippen molar-refractivity contribution in [1.82, 2.24) is 0 Å². The highest BCUT2D eigenvalue weighted by atomic mass is 16.5. The normalized spacial score (nSPS) is 17.2. The second-order valence-electron chi connectivity index (χ2n) is 1.93. The predicted molar refractivity (Wildman–Crippen MR) is 33.0 cm³/mol. The first-order valence-corrected chi connectivity index (χ1v) is 3.17. The van der Waals surface area contributed by atoms with Crippen molar-refractivity contribution in [2.45, 2.75) is 12.8 Å². The Morgan fingerprint density at radius 3 is 3.11 bits per heavy atom. The molecule has 0 amide bonds. The number of rotatable bonds is 3. The van der Waals surface area contributed by atoms with E-state index in [1.54, 1.807) is 0 Å². The number of nitrogens with zero attached hydrogens (tertiary/aromatic N) is 1. The molecule has 0 aliphatic carbocycles. The molecule has 0 spiro atoms. The van der Waals surface area contributed by atoms with Crippen LogP contribution in [0.15, 0.2) is 4.99 Å². The lowest BCUT2D eigenvalue weighted by atomic mass is 10.3. The summed E-state index contributed by atoms with van der Waals surface area (Å²) in [6.07, 6.45) is 1.38. The summed E-state index contributed by atoms with van der Waals surface area (Å²) >= 11 is 0. The third-order valence-electron chi connectivity index (χ3n) is 1.18. The number of aliphatic imine (C=N–C) groups is 1. The van der Waals surface area contributed by atoms with Crippen LogP contribution in [0.3, 0.4) is 0 Å². The van der Waals surface area contributed by atoms with Gasteiger partial charge in [0, 0.05) is 6.42 Å². The van der Waals surface area contributed by atoms with Gasteiger partial charge in [0.15, 0.2) is 5.90 Å². The molecule has 0 unspecified atom stereocenters. The van der Waals surface area contributed by atoms with Gasteiger partial charge in [-0.05, 0) is 6.42 Å². The molecule has 0 N–H and O–H groups in total. The highest BCUT2D eigenvalue weighted by Crippen LogP contribution is 2.00. The Bertz CT molecular complexity index is 112. The van der Waals surface area contributed by atoms with Crippen LogP contribution in [-0.2, 0) is 9.84 Å². The van der Waals surface area contributed by atoms with E-state index in [0.29, 0.717) is 13.0 Å². The second-order valence-corrected chi connectivity index (χ2v) is 1.93. The smallest absolute Gasteiger partial charge is 0.183 e. The van der Waals surface area contributed by atoms with Crippen molar-refractivity contribution in [3.05, 3.63) is 0 Å². The molecule has 0 atom stereocenters. The molecule has 1 rings (SSSR count). The van der Waals surface area contributed by atoms with E-state index >= 15 is 0 Å². The lowest BCUT2D eigenvalue weighted by Gasteiger charge is -1.96. The van der Waals surface area contributed by atoms with Crippen molar-refractivity contribution < 1.29 is 9.84 Å². The van der Waals surface area contributed by atoms with Crippen molar-refractivity contribution in [1.29, 1.82) is 0 Å². The highest BCUT2D eigenvalue weighted by Gasteiger charge is 2.04. The summed E-state index contributed by atoms with van der Waals surface area (Å²) in [6, 6.07) is 0. The van der Waals surface area contributed by atoms with Crippen molar-refractivity contribution >= 4 is 5.90 Å². The van der Waals surface area contributed by atoms with Gasteiger partial charge in [-0.15, -0.1) is 0 Å². The Hall–Kier alpha value is -0.570. The lowest BCUT2D eigenvalue weighted by molar-refractivity contribution is 0.188. The van der Waals surface area contributed by atoms with Gasteiger partial charge >= 0.3 is 0 Å². The minimum absolute atomic E-state index is 0.0254. The maximum Gasteiger partial charge on any atom is 0.183 e. The van der Waals surface area contributed by atoms with Crippen LogP contribution in [0, 0.1) is 0 Å². The summed E-state index contributed by atoms with van der Waals surface area (Å²) in [5.41, 5.74) is 0. The quantitative estimate of drug-likeness (QED) is 0.549. The molecular weight excluding hydrogens is 118 g/mol. The van der Waals surface area contributed by atoms with Gasteiger partial charge in [0.05, 0.1) is 13.2 Å². The zero-order valence-corrected chi connectivity index (χ0v) is 5.30. The molecule has 0 aromatic rings. The van der Waals surface area contributed by atoms with E-state index in [-0.39, 0.29) is 6.61 Å². The van der Waals surface area contributed by atoms with Crippen LogP contribution in [0.1, 0.15) is 12.8 Å². The minimum atomic E-state index is -0.0254. The van der Waals surface area contributed by atoms with Crippen LogP contribution in [0.25, 0.3) is 0 Å². The second kappa shape index (κ2) is 3.45.